The van der Waals surface area contributed by atoms with Crippen molar-refractivity contribution >= 4 is 17.8 Å². The number of phenolic OH excluding ortho intramolecular Hbond substituents is 1. The van der Waals surface area contributed by atoms with Crippen molar-refractivity contribution in [2.24, 2.45) is 28.3 Å². The van der Waals surface area contributed by atoms with Crippen LogP contribution in [0.2, 0.25) is 0 Å². The molecule has 4 bridgehead atoms. The van der Waals surface area contributed by atoms with Gasteiger partial charge in [-0.25, -0.2) is 5.43 Å². The minimum atomic E-state index is -0.539. The molecule has 2 N–H and O–H groups in total. The van der Waals surface area contributed by atoms with Crippen LogP contribution >= 0.6 is 0 Å². The number of nitro benzene ring substituents is 1. The Balaban J connectivity index is 1.38. The van der Waals surface area contributed by atoms with Gasteiger partial charge in [-0.2, -0.15) is 5.10 Å². The Labute approximate surface area is 151 Å². The summed E-state index contributed by atoms with van der Waals surface area (Å²) in [6.07, 6.45) is 9.22. The minimum absolute atomic E-state index is 0.116. The first kappa shape index (κ1) is 17.0. The van der Waals surface area contributed by atoms with Gasteiger partial charge in [0.25, 0.3) is 5.69 Å². The second-order valence-electron chi connectivity index (χ2n) is 8.39. The number of hydrogen-bond donors (Lipinski definition) is 2. The van der Waals surface area contributed by atoms with Crippen molar-refractivity contribution in [2.75, 3.05) is 0 Å². The molecular weight excluding hydrogens is 334 g/mol. The number of nitrogens with one attached hydrogen (secondary N) is 1. The van der Waals surface area contributed by atoms with Gasteiger partial charge < -0.3 is 5.11 Å². The highest BCUT2D eigenvalue weighted by atomic mass is 16.6. The summed E-state index contributed by atoms with van der Waals surface area (Å²) in [6, 6.07) is 3.69. The number of hydrazone groups is 1. The summed E-state index contributed by atoms with van der Waals surface area (Å²) < 4.78 is 0. The highest BCUT2D eigenvalue weighted by molar-refractivity contribution is 5.86. The van der Waals surface area contributed by atoms with Gasteiger partial charge in [0, 0.05) is 24.1 Å². The third-order valence-electron chi connectivity index (χ3n) is 6.32. The SMILES string of the molecule is O=C(CC12CC3CC(CC(C3)C1)C2)N/N=C/c1cc([N+](=O)[O-])ccc1O. The van der Waals surface area contributed by atoms with Gasteiger partial charge in [-0.05, 0) is 67.8 Å². The first-order valence-corrected chi connectivity index (χ1v) is 9.22. The van der Waals surface area contributed by atoms with E-state index in [1.54, 1.807) is 0 Å². The topological polar surface area (TPSA) is 105 Å². The molecule has 0 radical (unpaired) electrons. The van der Waals surface area contributed by atoms with Crippen LogP contribution < -0.4 is 5.43 Å². The largest absolute Gasteiger partial charge is 0.507 e. The van der Waals surface area contributed by atoms with Crippen molar-refractivity contribution in [3.8, 4) is 5.75 Å². The Hall–Kier alpha value is -2.44. The summed E-state index contributed by atoms with van der Waals surface area (Å²) in [7, 11) is 0. The van der Waals surface area contributed by atoms with Gasteiger partial charge in [0.05, 0.1) is 11.1 Å². The molecule has 0 unspecified atom stereocenters. The molecule has 4 fully saturated rings. The molecule has 7 heteroatoms. The fourth-order valence-electron chi connectivity index (χ4n) is 5.82. The molecule has 138 valence electrons. The first-order valence-electron chi connectivity index (χ1n) is 9.22. The van der Waals surface area contributed by atoms with E-state index in [4.69, 9.17) is 0 Å². The van der Waals surface area contributed by atoms with Crippen LogP contribution in [0, 0.1) is 33.3 Å². The van der Waals surface area contributed by atoms with Crippen LogP contribution in [-0.4, -0.2) is 22.2 Å². The van der Waals surface area contributed by atoms with E-state index in [0.717, 1.165) is 37.0 Å². The van der Waals surface area contributed by atoms with E-state index < -0.39 is 4.92 Å². The molecule has 1 aromatic carbocycles. The molecule has 0 saturated heterocycles. The van der Waals surface area contributed by atoms with E-state index in [1.807, 2.05) is 0 Å². The zero-order valence-corrected chi connectivity index (χ0v) is 14.6. The van der Waals surface area contributed by atoms with Crippen LogP contribution in [0.25, 0.3) is 0 Å². The maximum absolute atomic E-state index is 12.4. The molecule has 0 aromatic heterocycles. The lowest BCUT2D eigenvalue weighted by Crippen LogP contribution is -2.47. The van der Waals surface area contributed by atoms with Crippen LogP contribution in [0.15, 0.2) is 23.3 Å². The van der Waals surface area contributed by atoms with Crippen molar-refractivity contribution in [3.05, 3.63) is 33.9 Å². The van der Waals surface area contributed by atoms with Gasteiger partial charge in [-0.15, -0.1) is 0 Å². The number of nitrogens with zero attached hydrogens (tertiary/aromatic N) is 2. The lowest BCUT2D eigenvalue weighted by atomic mass is 9.49. The van der Waals surface area contributed by atoms with Gasteiger partial charge in [0.15, 0.2) is 0 Å². The number of non-ortho nitro benzene ring substituents is 1. The van der Waals surface area contributed by atoms with Gasteiger partial charge in [-0.3, -0.25) is 14.9 Å². The molecule has 4 aliphatic carbocycles. The molecule has 7 nitrogen and oxygen atoms in total. The van der Waals surface area contributed by atoms with Crippen molar-refractivity contribution in [1.29, 1.82) is 0 Å². The summed E-state index contributed by atoms with van der Waals surface area (Å²) in [4.78, 5) is 22.7. The highest BCUT2D eigenvalue weighted by Gasteiger charge is 2.51. The number of aromatic hydroxyl groups is 1. The Morgan fingerprint density at radius 3 is 2.46 bits per heavy atom. The molecule has 0 heterocycles. The van der Waals surface area contributed by atoms with Crippen molar-refractivity contribution < 1.29 is 14.8 Å². The molecule has 0 spiro atoms. The molecule has 1 amide bonds. The maximum Gasteiger partial charge on any atom is 0.270 e. The van der Waals surface area contributed by atoms with E-state index in [2.05, 4.69) is 10.5 Å². The molecule has 4 aliphatic rings. The molecule has 26 heavy (non-hydrogen) atoms. The van der Waals surface area contributed by atoms with Gasteiger partial charge >= 0.3 is 0 Å². The fourth-order valence-corrected chi connectivity index (χ4v) is 5.82. The number of carbonyl (C=O) groups excluding carboxylic acids is 1. The number of hydrogen-bond acceptors (Lipinski definition) is 5. The van der Waals surface area contributed by atoms with Gasteiger partial charge in [0.1, 0.15) is 5.75 Å². The average molecular weight is 357 g/mol. The van der Waals surface area contributed by atoms with Gasteiger partial charge in [0.2, 0.25) is 5.91 Å². The fraction of sp³-hybridized carbons (Fsp3) is 0.579. The first-order chi connectivity index (χ1) is 12.4. The molecule has 0 aliphatic heterocycles. The van der Waals surface area contributed by atoms with Crippen LogP contribution in [-0.2, 0) is 4.79 Å². The van der Waals surface area contributed by atoms with E-state index in [-0.39, 0.29) is 28.3 Å². The third kappa shape index (κ3) is 3.30. The maximum atomic E-state index is 12.4. The zero-order valence-electron chi connectivity index (χ0n) is 14.6. The Morgan fingerprint density at radius 2 is 1.88 bits per heavy atom. The molecule has 0 atom stereocenters. The molecule has 5 rings (SSSR count). The monoisotopic (exact) mass is 357 g/mol. The summed E-state index contributed by atoms with van der Waals surface area (Å²) >= 11 is 0. The Morgan fingerprint density at radius 1 is 1.27 bits per heavy atom. The van der Waals surface area contributed by atoms with Crippen LogP contribution in [0.5, 0.6) is 5.75 Å². The van der Waals surface area contributed by atoms with Gasteiger partial charge in [-0.1, -0.05) is 0 Å². The minimum Gasteiger partial charge on any atom is -0.507 e. The van der Waals surface area contributed by atoms with Crippen LogP contribution in [0.1, 0.15) is 50.5 Å². The number of carbonyl (C=O) groups is 1. The van der Waals surface area contributed by atoms with Crippen LogP contribution in [0.4, 0.5) is 5.69 Å². The molecule has 1 aromatic rings. The second-order valence-corrected chi connectivity index (χ2v) is 8.39. The van der Waals surface area contributed by atoms with E-state index in [1.165, 1.54) is 43.7 Å². The Bertz CT molecular complexity index is 739. The quantitative estimate of drug-likeness (QED) is 0.479. The number of rotatable bonds is 5. The smallest absolute Gasteiger partial charge is 0.270 e. The summed E-state index contributed by atoms with van der Waals surface area (Å²) in [5, 5.41) is 24.5. The summed E-state index contributed by atoms with van der Waals surface area (Å²) in [6.45, 7) is 0. The number of benzene rings is 1. The predicted molar refractivity (Wildman–Crippen MR) is 95.7 cm³/mol. The van der Waals surface area contributed by atoms with E-state index in [0.29, 0.717) is 6.42 Å². The molecular formula is C19H23N3O4. The number of amides is 1. The summed E-state index contributed by atoms with van der Waals surface area (Å²) in [5.41, 5.74) is 2.74. The number of phenols is 1. The summed E-state index contributed by atoms with van der Waals surface area (Å²) in [5.74, 6) is 2.14. The van der Waals surface area contributed by atoms with Crippen molar-refractivity contribution in [1.82, 2.24) is 5.43 Å². The zero-order chi connectivity index (χ0) is 18.3. The number of nitro groups is 1. The normalized spacial score (nSPS) is 32.1. The standard InChI is InChI=1S/C19H23N3O4/c23-17-2-1-16(22(25)26)6-15(17)11-20-21-18(24)10-19-7-12-3-13(8-19)5-14(4-12)9-19/h1-2,6,11-14,23H,3-5,7-10H2,(H,21,24)/b20-11+. The third-order valence-corrected chi connectivity index (χ3v) is 6.32. The highest BCUT2D eigenvalue weighted by Crippen LogP contribution is 2.61. The van der Waals surface area contributed by atoms with E-state index >= 15 is 0 Å². The van der Waals surface area contributed by atoms with Crippen molar-refractivity contribution in [3.63, 3.8) is 0 Å². The second kappa shape index (κ2) is 6.37. The lowest BCUT2D eigenvalue weighted by Gasteiger charge is -2.56. The van der Waals surface area contributed by atoms with E-state index in [9.17, 15) is 20.0 Å². The predicted octanol–water partition coefficient (Wildman–Crippen LogP) is 3.36. The Kier molecular flexibility index (Phi) is 4.17. The average Bonchev–Trinajstić information content (AvgIpc) is 2.54. The lowest BCUT2D eigenvalue weighted by molar-refractivity contribution is -0.384. The van der Waals surface area contributed by atoms with Crippen molar-refractivity contribution in [2.45, 2.75) is 44.9 Å². The molecule has 4 saturated carbocycles. The van der Waals surface area contributed by atoms with Crippen LogP contribution in [0.3, 0.4) is 0 Å².